The van der Waals surface area contributed by atoms with Crippen LogP contribution in [0.15, 0.2) is 18.2 Å². The van der Waals surface area contributed by atoms with Gasteiger partial charge in [0.05, 0.1) is 6.26 Å². The second kappa shape index (κ2) is 6.15. The molecule has 0 unspecified atom stereocenters. The van der Waals surface area contributed by atoms with Gasteiger partial charge in [-0.2, -0.15) is 0 Å². The summed E-state index contributed by atoms with van der Waals surface area (Å²) in [4.78, 5) is 0. The molecular formula is C13H18F2N2O2S. The van der Waals surface area contributed by atoms with E-state index in [-0.39, 0.29) is 6.04 Å². The summed E-state index contributed by atoms with van der Waals surface area (Å²) in [5, 5.41) is 3.19. The first-order valence-electron chi connectivity index (χ1n) is 6.48. The van der Waals surface area contributed by atoms with Gasteiger partial charge in [-0.25, -0.2) is 21.5 Å². The fraction of sp³-hybridized carbons (Fsp3) is 0.538. The monoisotopic (exact) mass is 304 g/mol. The lowest BCUT2D eigenvalue weighted by Crippen LogP contribution is -2.44. The predicted molar refractivity (Wildman–Crippen MR) is 72.6 cm³/mol. The third-order valence-electron chi connectivity index (χ3n) is 3.52. The molecule has 7 heteroatoms. The number of sulfonamides is 1. The Hall–Kier alpha value is -1.05. The van der Waals surface area contributed by atoms with E-state index in [0.717, 1.165) is 6.07 Å². The molecule has 0 aliphatic carbocycles. The topological polar surface area (TPSA) is 49.4 Å². The summed E-state index contributed by atoms with van der Waals surface area (Å²) in [6, 6.07) is 3.66. The zero-order chi connectivity index (χ0) is 14.8. The SMILES string of the molecule is CS(=O)(=O)N1CCC(NCc2ccc(F)cc2F)CC1. The van der Waals surface area contributed by atoms with Gasteiger partial charge in [0.1, 0.15) is 11.6 Å². The van der Waals surface area contributed by atoms with Gasteiger partial charge >= 0.3 is 0 Å². The Bertz CT molecular complexity index is 570. The quantitative estimate of drug-likeness (QED) is 0.916. The van der Waals surface area contributed by atoms with Crippen LogP contribution in [0.25, 0.3) is 0 Å². The molecule has 1 saturated heterocycles. The Morgan fingerprint density at radius 3 is 2.50 bits per heavy atom. The number of rotatable bonds is 4. The number of benzene rings is 1. The van der Waals surface area contributed by atoms with Crippen LogP contribution in [0.1, 0.15) is 18.4 Å². The minimum atomic E-state index is -3.12. The maximum Gasteiger partial charge on any atom is 0.211 e. The van der Waals surface area contributed by atoms with E-state index in [1.54, 1.807) is 0 Å². The molecule has 0 radical (unpaired) electrons. The molecule has 1 aromatic carbocycles. The molecule has 0 atom stereocenters. The van der Waals surface area contributed by atoms with E-state index in [4.69, 9.17) is 0 Å². The maximum atomic E-state index is 13.5. The van der Waals surface area contributed by atoms with Crippen LogP contribution >= 0.6 is 0 Å². The van der Waals surface area contributed by atoms with E-state index in [1.807, 2.05) is 0 Å². The van der Waals surface area contributed by atoms with E-state index >= 15 is 0 Å². The molecule has 1 fully saturated rings. The van der Waals surface area contributed by atoms with Gasteiger partial charge in [0.25, 0.3) is 0 Å². The Balaban J connectivity index is 1.84. The van der Waals surface area contributed by atoms with Crippen molar-refractivity contribution in [1.29, 1.82) is 0 Å². The van der Waals surface area contributed by atoms with Crippen LogP contribution in [-0.2, 0) is 16.6 Å². The number of nitrogens with zero attached hydrogens (tertiary/aromatic N) is 1. The minimum Gasteiger partial charge on any atom is -0.310 e. The first-order valence-corrected chi connectivity index (χ1v) is 8.33. The first-order chi connectivity index (χ1) is 9.36. The smallest absolute Gasteiger partial charge is 0.211 e. The van der Waals surface area contributed by atoms with E-state index in [1.165, 1.54) is 22.7 Å². The average Bonchev–Trinajstić information content (AvgIpc) is 2.37. The molecule has 1 heterocycles. The van der Waals surface area contributed by atoms with Gasteiger partial charge in [-0.3, -0.25) is 0 Å². The molecule has 0 amide bonds. The number of halogens is 2. The molecule has 1 aliphatic heterocycles. The van der Waals surface area contributed by atoms with Crippen LogP contribution in [-0.4, -0.2) is 38.1 Å². The van der Waals surface area contributed by atoms with Gasteiger partial charge in [-0.15, -0.1) is 0 Å². The van der Waals surface area contributed by atoms with Crippen LogP contribution in [0.4, 0.5) is 8.78 Å². The van der Waals surface area contributed by atoms with Crippen LogP contribution in [0.3, 0.4) is 0 Å². The Morgan fingerprint density at radius 1 is 1.30 bits per heavy atom. The fourth-order valence-electron chi connectivity index (χ4n) is 2.31. The van der Waals surface area contributed by atoms with Crippen molar-refractivity contribution in [1.82, 2.24) is 9.62 Å². The number of piperidine rings is 1. The Morgan fingerprint density at radius 2 is 1.95 bits per heavy atom. The molecule has 112 valence electrons. The van der Waals surface area contributed by atoms with Gasteiger partial charge < -0.3 is 5.32 Å². The summed E-state index contributed by atoms with van der Waals surface area (Å²) in [6.45, 7) is 1.26. The average molecular weight is 304 g/mol. The summed E-state index contributed by atoms with van der Waals surface area (Å²) < 4.78 is 50.4. The third kappa shape index (κ3) is 3.97. The lowest BCUT2D eigenvalue weighted by Gasteiger charge is -2.30. The van der Waals surface area contributed by atoms with E-state index in [2.05, 4.69) is 5.32 Å². The van der Waals surface area contributed by atoms with Crippen molar-refractivity contribution in [3.05, 3.63) is 35.4 Å². The lowest BCUT2D eigenvalue weighted by molar-refractivity contribution is 0.289. The maximum absolute atomic E-state index is 13.5. The Labute approximate surface area is 117 Å². The normalized spacial score (nSPS) is 18.4. The van der Waals surface area contributed by atoms with Gasteiger partial charge in [-0.05, 0) is 18.9 Å². The Kier molecular flexibility index (Phi) is 4.72. The molecule has 20 heavy (non-hydrogen) atoms. The summed E-state index contributed by atoms with van der Waals surface area (Å²) in [5.41, 5.74) is 0.414. The van der Waals surface area contributed by atoms with Crippen molar-refractivity contribution >= 4 is 10.0 Å². The summed E-state index contributed by atoms with van der Waals surface area (Å²) in [6.07, 6.45) is 2.58. The summed E-state index contributed by atoms with van der Waals surface area (Å²) >= 11 is 0. The zero-order valence-electron chi connectivity index (χ0n) is 11.3. The largest absolute Gasteiger partial charge is 0.310 e. The molecular weight excluding hydrogens is 286 g/mol. The van der Waals surface area contributed by atoms with Crippen molar-refractivity contribution in [3.8, 4) is 0 Å². The highest BCUT2D eigenvalue weighted by atomic mass is 32.2. The van der Waals surface area contributed by atoms with Gasteiger partial charge in [0.2, 0.25) is 10.0 Å². The molecule has 0 spiro atoms. The molecule has 1 aromatic rings. The number of nitrogens with one attached hydrogen (secondary N) is 1. The molecule has 1 N–H and O–H groups in total. The van der Waals surface area contributed by atoms with E-state index in [9.17, 15) is 17.2 Å². The molecule has 2 rings (SSSR count). The first kappa shape index (κ1) is 15.3. The second-order valence-electron chi connectivity index (χ2n) is 5.05. The van der Waals surface area contributed by atoms with Crippen LogP contribution in [0, 0.1) is 11.6 Å². The third-order valence-corrected chi connectivity index (χ3v) is 4.82. The highest BCUT2D eigenvalue weighted by Gasteiger charge is 2.24. The highest BCUT2D eigenvalue weighted by Crippen LogP contribution is 2.15. The van der Waals surface area contributed by atoms with Crippen molar-refractivity contribution in [2.45, 2.75) is 25.4 Å². The molecule has 4 nitrogen and oxygen atoms in total. The number of hydrogen-bond donors (Lipinski definition) is 1. The van der Waals surface area contributed by atoms with Gasteiger partial charge in [-0.1, -0.05) is 6.07 Å². The molecule has 0 saturated carbocycles. The lowest BCUT2D eigenvalue weighted by atomic mass is 10.1. The summed E-state index contributed by atoms with van der Waals surface area (Å²) in [5.74, 6) is -1.15. The van der Waals surface area contributed by atoms with Crippen LogP contribution in [0.2, 0.25) is 0 Å². The van der Waals surface area contributed by atoms with Crippen molar-refractivity contribution in [2.24, 2.45) is 0 Å². The number of hydrogen-bond acceptors (Lipinski definition) is 3. The van der Waals surface area contributed by atoms with Crippen LogP contribution in [0.5, 0.6) is 0 Å². The zero-order valence-corrected chi connectivity index (χ0v) is 12.1. The predicted octanol–water partition coefficient (Wildman–Crippen LogP) is 1.48. The fourth-order valence-corrected chi connectivity index (χ4v) is 3.19. The summed E-state index contributed by atoms with van der Waals surface area (Å²) in [7, 11) is -3.12. The van der Waals surface area contributed by atoms with Crippen molar-refractivity contribution in [2.75, 3.05) is 19.3 Å². The molecule has 0 aromatic heterocycles. The standard InChI is InChI=1S/C13H18F2N2O2S/c1-20(18,19)17-6-4-12(5-7-17)16-9-10-2-3-11(14)8-13(10)15/h2-3,8,12,16H,4-7,9H2,1H3. The van der Waals surface area contributed by atoms with Crippen LogP contribution < -0.4 is 5.32 Å². The highest BCUT2D eigenvalue weighted by molar-refractivity contribution is 7.88. The molecule has 0 bridgehead atoms. The van der Waals surface area contributed by atoms with Crippen molar-refractivity contribution in [3.63, 3.8) is 0 Å². The van der Waals surface area contributed by atoms with Gasteiger partial charge in [0, 0.05) is 37.3 Å². The molecule has 1 aliphatic rings. The minimum absolute atomic E-state index is 0.150. The second-order valence-corrected chi connectivity index (χ2v) is 7.04. The van der Waals surface area contributed by atoms with E-state index < -0.39 is 21.7 Å². The van der Waals surface area contributed by atoms with Crippen molar-refractivity contribution < 1.29 is 17.2 Å². The van der Waals surface area contributed by atoms with Gasteiger partial charge in [0.15, 0.2) is 0 Å². The van der Waals surface area contributed by atoms with E-state index in [0.29, 0.717) is 38.0 Å².